The van der Waals surface area contributed by atoms with Gasteiger partial charge >= 0.3 is 11.7 Å². The van der Waals surface area contributed by atoms with E-state index >= 15 is 0 Å². The number of nitrogens with one attached hydrogen (secondary N) is 4. The monoisotopic (exact) mass is 262 g/mol. The van der Waals surface area contributed by atoms with Gasteiger partial charge < -0.3 is 25.7 Å². The number of hydrogen-bond donors (Lipinski definition) is 5. The maximum Gasteiger partial charge on any atom is 0.323 e. The largest absolute Gasteiger partial charge is 0.480 e. The van der Waals surface area contributed by atoms with E-state index < -0.39 is 12.0 Å². The first kappa shape index (κ1) is 11.9. The zero-order valence-corrected chi connectivity index (χ0v) is 10.1. The molecule has 0 aliphatic carbocycles. The summed E-state index contributed by atoms with van der Waals surface area (Å²) in [4.78, 5) is 27.8. The number of aromatic amines is 2. The van der Waals surface area contributed by atoms with Crippen LogP contribution in [0.1, 0.15) is 11.6 Å². The molecule has 100 valence electrons. The fourth-order valence-electron chi connectivity index (χ4n) is 2.47. The number of carboxylic acids is 1. The van der Waals surface area contributed by atoms with E-state index in [1.54, 1.807) is 12.1 Å². The Morgan fingerprint density at radius 3 is 2.68 bits per heavy atom. The van der Waals surface area contributed by atoms with E-state index in [0.717, 1.165) is 5.56 Å². The molecule has 0 spiro atoms. The third-order valence-corrected chi connectivity index (χ3v) is 3.35. The molecule has 3 rings (SSSR count). The van der Waals surface area contributed by atoms with Crippen LogP contribution in [0.25, 0.3) is 11.0 Å². The molecule has 2 heterocycles. The Balaban J connectivity index is 2.01. The summed E-state index contributed by atoms with van der Waals surface area (Å²) in [5.41, 5.74) is 1.96. The van der Waals surface area contributed by atoms with E-state index in [1.807, 2.05) is 6.07 Å². The van der Waals surface area contributed by atoms with Crippen LogP contribution in [0, 0.1) is 0 Å². The van der Waals surface area contributed by atoms with E-state index in [4.69, 9.17) is 0 Å². The van der Waals surface area contributed by atoms with E-state index in [-0.39, 0.29) is 11.7 Å². The van der Waals surface area contributed by atoms with Crippen LogP contribution < -0.4 is 16.3 Å². The first-order valence-corrected chi connectivity index (χ1v) is 6.07. The lowest BCUT2D eigenvalue weighted by Crippen LogP contribution is -2.54. The molecular formula is C12H14N4O3. The minimum atomic E-state index is -0.889. The maximum absolute atomic E-state index is 11.2. The van der Waals surface area contributed by atoms with Gasteiger partial charge in [0.2, 0.25) is 0 Å². The van der Waals surface area contributed by atoms with Gasteiger partial charge in [-0.15, -0.1) is 0 Å². The third kappa shape index (κ3) is 2.13. The number of rotatable bonds is 2. The number of piperazine rings is 1. The SMILES string of the molecule is O=C(O)C1NCCNC1c1ccc2[nH]c(=O)[nH]c2c1. The molecule has 1 aromatic carbocycles. The summed E-state index contributed by atoms with van der Waals surface area (Å²) in [5, 5.41) is 15.4. The van der Waals surface area contributed by atoms with E-state index in [0.29, 0.717) is 24.1 Å². The standard InChI is InChI=1S/C12H14N4O3/c17-11(18)10-9(13-3-4-14-10)6-1-2-7-8(5-6)16-12(19)15-7/h1-2,5,9-10,13-14H,3-4H2,(H,17,18)(H2,15,16,19). The molecule has 19 heavy (non-hydrogen) atoms. The molecule has 0 radical (unpaired) electrons. The van der Waals surface area contributed by atoms with Gasteiger partial charge in [0.15, 0.2) is 0 Å². The van der Waals surface area contributed by atoms with Crippen LogP contribution in [0.4, 0.5) is 0 Å². The number of benzene rings is 1. The molecule has 0 saturated carbocycles. The van der Waals surface area contributed by atoms with Crippen LogP contribution in [0.15, 0.2) is 23.0 Å². The summed E-state index contributed by atoms with van der Waals surface area (Å²) in [7, 11) is 0. The third-order valence-electron chi connectivity index (χ3n) is 3.35. The fourth-order valence-corrected chi connectivity index (χ4v) is 2.47. The van der Waals surface area contributed by atoms with Crippen molar-refractivity contribution in [3.63, 3.8) is 0 Å². The Bertz CT molecular complexity index is 675. The molecule has 5 N–H and O–H groups in total. The highest BCUT2D eigenvalue weighted by Gasteiger charge is 2.31. The summed E-state index contributed by atoms with van der Waals surface area (Å²) in [6, 6.07) is 4.42. The average Bonchev–Trinajstić information content (AvgIpc) is 2.77. The van der Waals surface area contributed by atoms with Crippen molar-refractivity contribution in [1.29, 1.82) is 0 Å². The molecule has 1 aliphatic rings. The topological polar surface area (TPSA) is 110 Å². The molecule has 7 heteroatoms. The predicted octanol–water partition coefficient (Wildman–Crippen LogP) is -0.457. The fraction of sp³-hybridized carbons (Fsp3) is 0.333. The zero-order valence-electron chi connectivity index (χ0n) is 10.1. The van der Waals surface area contributed by atoms with Gasteiger partial charge in [-0.3, -0.25) is 4.79 Å². The van der Waals surface area contributed by atoms with Gasteiger partial charge in [-0.25, -0.2) is 4.79 Å². The van der Waals surface area contributed by atoms with E-state index in [1.165, 1.54) is 0 Å². The lowest BCUT2D eigenvalue weighted by Gasteiger charge is -2.31. The zero-order chi connectivity index (χ0) is 13.4. The Labute approximate surface area is 108 Å². The van der Waals surface area contributed by atoms with Crippen molar-refractivity contribution in [2.45, 2.75) is 12.1 Å². The molecule has 2 unspecified atom stereocenters. The minimum Gasteiger partial charge on any atom is -0.480 e. The predicted molar refractivity (Wildman–Crippen MR) is 69.1 cm³/mol. The van der Waals surface area contributed by atoms with Gasteiger partial charge in [0.1, 0.15) is 6.04 Å². The summed E-state index contributed by atoms with van der Waals surface area (Å²) in [5.74, 6) is -0.889. The molecule has 0 amide bonds. The number of H-pyrrole nitrogens is 2. The molecule has 0 bridgehead atoms. The van der Waals surface area contributed by atoms with Crippen molar-refractivity contribution >= 4 is 17.0 Å². The van der Waals surface area contributed by atoms with Gasteiger partial charge in [-0.1, -0.05) is 6.07 Å². The second-order valence-corrected chi connectivity index (χ2v) is 4.59. The Kier molecular flexibility index (Phi) is 2.84. The number of carboxylic acid groups (broad SMARTS) is 1. The number of fused-ring (bicyclic) bond motifs is 1. The van der Waals surface area contributed by atoms with Gasteiger partial charge in [-0.05, 0) is 17.7 Å². The highest BCUT2D eigenvalue weighted by Crippen LogP contribution is 2.22. The molecule has 7 nitrogen and oxygen atoms in total. The quantitative estimate of drug-likeness (QED) is 0.503. The molecule has 1 fully saturated rings. The molecule has 2 aromatic rings. The summed E-state index contributed by atoms with van der Waals surface area (Å²) >= 11 is 0. The summed E-state index contributed by atoms with van der Waals surface area (Å²) < 4.78 is 0. The van der Waals surface area contributed by atoms with Crippen molar-refractivity contribution in [1.82, 2.24) is 20.6 Å². The van der Waals surface area contributed by atoms with Crippen molar-refractivity contribution in [3.05, 3.63) is 34.2 Å². The Morgan fingerprint density at radius 1 is 1.16 bits per heavy atom. The molecule has 1 aliphatic heterocycles. The highest BCUT2D eigenvalue weighted by molar-refractivity contribution is 5.77. The van der Waals surface area contributed by atoms with Gasteiger partial charge in [0.25, 0.3) is 0 Å². The van der Waals surface area contributed by atoms with Crippen molar-refractivity contribution < 1.29 is 9.90 Å². The Hall–Kier alpha value is -2.12. The Morgan fingerprint density at radius 2 is 1.89 bits per heavy atom. The lowest BCUT2D eigenvalue weighted by atomic mass is 9.97. The van der Waals surface area contributed by atoms with Gasteiger partial charge in [0, 0.05) is 13.1 Å². The normalized spacial score (nSPS) is 23.6. The lowest BCUT2D eigenvalue weighted by molar-refractivity contribution is -0.140. The number of aliphatic carboxylic acids is 1. The average molecular weight is 262 g/mol. The van der Waals surface area contributed by atoms with Crippen molar-refractivity contribution in [2.24, 2.45) is 0 Å². The van der Waals surface area contributed by atoms with Crippen molar-refractivity contribution in [2.75, 3.05) is 13.1 Å². The van der Waals surface area contributed by atoms with E-state index in [9.17, 15) is 14.7 Å². The number of imidazole rings is 1. The van der Waals surface area contributed by atoms with Crippen LogP contribution in [0.3, 0.4) is 0 Å². The van der Waals surface area contributed by atoms with Crippen LogP contribution in [0.5, 0.6) is 0 Å². The highest BCUT2D eigenvalue weighted by atomic mass is 16.4. The van der Waals surface area contributed by atoms with Crippen LogP contribution in [-0.2, 0) is 4.79 Å². The van der Waals surface area contributed by atoms with Crippen molar-refractivity contribution in [3.8, 4) is 0 Å². The first-order chi connectivity index (χ1) is 9.15. The molecular weight excluding hydrogens is 248 g/mol. The molecule has 1 saturated heterocycles. The second kappa shape index (κ2) is 4.52. The van der Waals surface area contributed by atoms with Crippen LogP contribution in [0.2, 0.25) is 0 Å². The first-order valence-electron chi connectivity index (χ1n) is 6.07. The summed E-state index contributed by atoms with van der Waals surface area (Å²) in [6.07, 6.45) is 0. The molecule has 1 aromatic heterocycles. The second-order valence-electron chi connectivity index (χ2n) is 4.59. The maximum atomic E-state index is 11.2. The minimum absolute atomic E-state index is 0.267. The van der Waals surface area contributed by atoms with E-state index in [2.05, 4.69) is 20.6 Å². The summed E-state index contributed by atoms with van der Waals surface area (Å²) in [6.45, 7) is 1.33. The number of hydrogen-bond acceptors (Lipinski definition) is 4. The number of carbonyl (C=O) groups is 1. The van der Waals surface area contributed by atoms with Crippen LogP contribution >= 0.6 is 0 Å². The van der Waals surface area contributed by atoms with Crippen LogP contribution in [-0.4, -0.2) is 40.2 Å². The smallest absolute Gasteiger partial charge is 0.323 e. The molecule has 2 atom stereocenters. The number of aromatic nitrogens is 2. The van der Waals surface area contributed by atoms with Gasteiger partial charge in [0.05, 0.1) is 17.1 Å². The van der Waals surface area contributed by atoms with Gasteiger partial charge in [-0.2, -0.15) is 0 Å².